The molecule has 3 rings (SSSR count). The Morgan fingerprint density at radius 3 is 3.05 bits per heavy atom. The van der Waals surface area contributed by atoms with E-state index in [1.54, 1.807) is 11.3 Å². The van der Waals surface area contributed by atoms with Gasteiger partial charge >= 0.3 is 0 Å². The molecule has 1 aliphatic rings. The highest BCUT2D eigenvalue weighted by molar-refractivity contribution is 7.13. The summed E-state index contributed by atoms with van der Waals surface area (Å²) in [6, 6.07) is 0. The maximum Gasteiger partial charge on any atom is 0.101 e. The molecule has 0 bridgehead atoms. The van der Waals surface area contributed by atoms with Crippen molar-refractivity contribution in [2.75, 3.05) is 20.1 Å². The Morgan fingerprint density at radius 2 is 2.30 bits per heavy atom. The van der Waals surface area contributed by atoms with Crippen molar-refractivity contribution in [1.29, 1.82) is 0 Å². The minimum Gasteiger partial charge on any atom is -0.306 e. The van der Waals surface area contributed by atoms with Gasteiger partial charge in [0.25, 0.3) is 0 Å². The second-order valence-electron chi connectivity index (χ2n) is 5.64. The Hall–Kier alpha value is -1.33. The van der Waals surface area contributed by atoms with Gasteiger partial charge in [-0.05, 0) is 45.7 Å². The molecule has 0 amide bonds. The number of nitrogens with zero attached hydrogens (tertiary/aromatic N) is 4. The summed E-state index contributed by atoms with van der Waals surface area (Å²) in [5.41, 5.74) is 4.98. The number of hydrogen-bond donors (Lipinski definition) is 0. The first-order chi connectivity index (χ1) is 9.72. The summed E-state index contributed by atoms with van der Waals surface area (Å²) in [5.74, 6) is 0.709. The van der Waals surface area contributed by atoms with Crippen LogP contribution in [0.15, 0.2) is 17.9 Å². The largest absolute Gasteiger partial charge is 0.306 e. The molecule has 0 radical (unpaired) electrons. The van der Waals surface area contributed by atoms with Crippen LogP contribution < -0.4 is 0 Å². The summed E-state index contributed by atoms with van der Waals surface area (Å²) in [6.07, 6.45) is 7.38. The number of thiazole rings is 1. The zero-order chi connectivity index (χ0) is 13.9. The van der Waals surface area contributed by atoms with Crippen LogP contribution in [0.5, 0.6) is 0 Å². The minimum atomic E-state index is 0.709. The lowest BCUT2D eigenvalue weighted by molar-refractivity contribution is 0.208. The fourth-order valence-electron chi connectivity index (χ4n) is 2.90. The molecular weight excluding hydrogens is 268 g/mol. The molecule has 4 nitrogen and oxygen atoms in total. The standard InChI is InChI=1S/C15H20N4S/c1-11-15(20-10-17-11)14-8-16-7-13(18-14)6-12-4-3-5-19(2)9-12/h7-8,10,12H,3-6,9H2,1-2H3/t12-/m0/s1. The van der Waals surface area contributed by atoms with E-state index in [4.69, 9.17) is 4.98 Å². The van der Waals surface area contributed by atoms with Gasteiger partial charge in [-0.2, -0.15) is 0 Å². The van der Waals surface area contributed by atoms with Gasteiger partial charge in [0.1, 0.15) is 5.69 Å². The number of likely N-dealkylation sites (tertiary alicyclic amines) is 1. The smallest absolute Gasteiger partial charge is 0.101 e. The fourth-order valence-corrected chi connectivity index (χ4v) is 3.66. The van der Waals surface area contributed by atoms with Crippen molar-refractivity contribution in [3.8, 4) is 10.6 Å². The van der Waals surface area contributed by atoms with Crippen molar-refractivity contribution in [2.45, 2.75) is 26.2 Å². The van der Waals surface area contributed by atoms with Crippen LogP contribution in [0.1, 0.15) is 24.2 Å². The first kappa shape index (κ1) is 13.6. The molecule has 0 N–H and O–H groups in total. The number of aryl methyl sites for hydroxylation is 1. The highest BCUT2D eigenvalue weighted by Crippen LogP contribution is 2.25. The maximum absolute atomic E-state index is 4.78. The lowest BCUT2D eigenvalue weighted by atomic mass is 9.94. The molecule has 0 spiro atoms. The summed E-state index contributed by atoms with van der Waals surface area (Å²) < 4.78 is 0. The summed E-state index contributed by atoms with van der Waals surface area (Å²) in [5, 5.41) is 0. The average molecular weight is 288 g/mol. The van der Waals surface area contributed by atoms with Gasteiger partial charge in [0, 0.05) is 12.7 Å². The monoisotopic (exact) mass is 288 g/mol. The molecule has 2 aromatic rings. The van der Waals surface area contributed by atoms with E-state index >= 15 is 0 Å². The van der Waals surface area contributed by atoms with E-state index in [-0.39, 0.29) is 0 Å². The van der Waals surface area contributed by atoms with Crippen LogP contribution in [-0.4, -0.2) is 40.0 Å². The first-order valence-electron chi connectivity index (χ1n) is 7.12. The third kappa shape index (κ3) is 3.04. The van der Waals surface area contributed by atoms with Crippen LogP contribution >= 0.6 is 11.3 Å². The van der Waals surface area contributed by atoms with Gasteiger partial charge in [0.05, 0.1) is 28.0 Å². The minimum absolute atomic E-state index is 0.709. The molecule has 1 fully saturated rings. The SMILES string of the molecule is Cc1ncsc1-c1cncc(C[C@@H]2CCCN(C)C2)n1. The first-order valence-corrected chi connectivity index (χ1v) is 8.00. The third-order valence-corrected chi connectivity index (χ3v) is 4.83. The Labute approximate surface area is 123 Å². The van der Waals surface area contributed by atoms with Crippen LogP contribution in [-0.2, 0) is 6.42 Å². The Balaban J connectivity index is 1.76. The van der Waals surface area contributed by atoms with Crippen LogP contribution in [0.3, 0.4) is 0 Å². The van der Waals surface area contributed by atoms with Gasteiger partial charge in [0.15, 0.2) is 0 Å². The zero-order valence-electron chi connectivity index (χ0n) is 12.0. The molecule has 3 heterocycles. The van der Waals surface area contributed by atoms with Gasteiger partial charge in [-0.3, -0.25) is 4.98 Å². The molecule has 0 aliphatic carbocycles. The van der Waals surface area contributed by atoms with Crippen molar-refractivity contribution in [2.24, 2.45) is 5.92 Å². The molecular formula is C15H20N4S. The Kier molecular flexibility index (Phi) is 4.08. The van der Waals surface area contributed by atoms with E-state index in [1.165, 1.54) is 25.9 Å². The van der Waals surface area contributed by atoms with E-state index in [0.29, 0.717) is 5.92 Å². The molecule has 1 saturated heterocycles. The number of aromatic nitrogens is 3. The Bertz CT molecular complexity index is 581. The molecule has 0 unspecified atom stereocenters. The lowest BCUT2D eigenvalue weighted by Gasteiger charge is -2.29. The number of piperidine rings is 1. The molecule has 1 atom stereocenters. The van der Waals surface area contributed by atoms with Crippen molar-refractivity contribution < 1.29 is 0 Å². The van der Waals surface area contributed by atoms with Crippen LogP contribution in [0, 0.1) is 12.8 Å². The average Bonchev–Trinajstić information content (AvgIpc) is 2.85. The second-order valence-corrected chi connectivity index (χ2v) is 6.49. The van der Waals surface area contributed by atoms with Crippen molar-refractivity contribution in [3.05, 3.63) is 29.3 Å². The van der Waals surface area contributed by atoms with Crippen LogP contribution in [0.4, 0.5) is 0 Å². The predicted molar refractivity (Wildman–Crippen MR) is 81.8 cm³/mol. The van der Waals surface area contributed by atoms with Gasteiger partial charge in [0.2, 0.25) is 0 Å². The molecule has 0 aromatic carbocycles. The van der Waals surface area contributed by atoms with Gasteiger partial charge < -0.3 is 4.90 Å². The molecule has 2 aromatic heterocycles. The molecule has 20 heavy (non-hydrogen) atoms. The topological polar surface area (TPSA) is 41.9 Å². The second kappa shape index (κ2) is 5.97. The van der Waals surface area contributed by atoms with E-state index in [9.17, 15) is 0 Å². The number of rotatable bonds is 3. The van der Waals surface area contributed by atoms with E-state index in [1.807, 2.05) is 24.8 Å². The van der Waals surface area contributed by atoms with Crippen molar-refractivity contribution in [3.63, 3.8) is 0 Å². The van der Waals surface area contributed by atoms with Crippen molar-refractivity contribution in [1.82, 2.24) is 19.9 Å². The summed E-state index contributed by atoms with van der Waals surface area (Å²) in [7, 11) is 2.20. The highest BCUT2D eigenvalue weighted by atomic mass is 32.1. The van der Waals surface area contributed by atoms with E-state index in [0.717, 1.165) is 28.4 Å². The maximum atomic E-state index is 4.78. The van der Waals surface area contributed by atoms with E-state index < -0.39 is 0 Å². The number of hydrogen-bond acceptors (Lipinski definition) is 5. The quantitative estimate of drug-likeness (QED) is 0.871. The van der Waals surface area contributed by atoms with Gasteiger partial charge in [-0.1, -0.05) is 0 Å². The Morgan fingerprint density at radius 1 is 1.40 bits per heavy atom. The van der Waals surface area contributed by atoms with Crippen LogP contribution in [0.2, 0.25) is 0 Å². The molecule has 5 heteroatoms. The summed E-state index contributed by atoms with van der Waals surface area (Å²) >= 11 is 1.64. The third-order valence-electron chi connectivity index (χ3n) is 3.88. The highest BCUT2D eigenvalue weighted by Gasteiger charge is 2.18. The molecule has 1 aliphatic heterocycles. The predicted octanol–water partition coefficient (Wildman–Crippen LogP) is 2.79. The van der Waals surface area contributed by atoms with Gasteiger partial charge in [-0.15, -0.1) is 11.3 Å². The normalized spacial score (nSPS) is 20.2. The fraction of sp³-hybridized carbons (Fsp3) is 0.533. The zero-order valence-corrected chi connectivity index (χ0v) is 12.9. The van der Waals surface area contributed by atoms with E-state index in [2.05, 4.69) is 21.9 Å². The van der Waals surface area contributed by atoms with Crippen molar-refractivity contribution >= 4 is 11.3 Å². The molecule has 0 saturated carbocycles. The summed E-state index contributed by atoms with van der Waals surface area (Å²) in [4.78, 5) is 17.0. The van der Waals surface area contributed by atoms with Crippen LogP contribution in [0.25, 0.3) is 10.6 Å². The summed E-state index contributed by atoms with van der Waals surface area (Å²) in [6.45, 7) is 4.42. The molecule has 106 valence electrons. The van der Waals surface area contributed by atoms with Gasteiger partial charge in [-0.25, -0.2) is 9.97 Å². The lowest BCUT2D eigenvalue weighted by Crippen LogP contribution is -2.33.